The molecular weight excluding hydrogens is 206 g/mol. The molecule has 0 aromatic heterocycles. The number of aryl methyl sites for hydroxylation is 1. The fourth-order valence-corrected chi connectivity index (χ4v) is 2.96. The van der Waals surface area contributed by atoms with Gasteiger partial charge in [-0.05, 0) is 37.8 Å². The maximum absolute atomic E-state index is 3.62. The Morgan fingerprint density at radius 1 is 1.24 bits per heavy atom. The lowest BCUT2D eigenvalue weighted by Crippen LogP contribution is -2.29. The van der Waals surface area contributed by atoms with E-state index in [9.17, 15) is 0 Å². The predicted molar refractivity (Wildman–Crippen MR) is 74.4 cm³/mol. The number of nitrogens with one attached hydrogen (secondary N) is 1. The first-order chi connectivity index (χ1) is 8.23. The van der Waals surface area contributed by atoms with Crippen LogP contribution < -0.4 is 5.32 Å². The van der Waals surface area contributed by atoms with Gasteiger partial charge in [-0.1, -0.05) is 50.1 Å². The van der Waals surface area contributed by atoms with E-state index in [1.807, 2.05) is 0 Å². The summed E-state index contributed by atoms with van der Waals surface area (Å²) in [5.41, 5.74) is 3.34. The molecule has 0 radical (unpaired) electrons. The van der Waals surface area contributed by atoms with Gasteiger partial charge in [0.15, 0.2) is 0 Å². The molecular formula is C16H25N. The lowest BCUT2D eigenvalue weighted by atomic mass is 9.91. The molecule has 1 aliphatic carbocycles. The van der Waals surface area contributed by atoms with Crippen LogP contribution >= 0.6 is 0 Å². The molecule has 1 fully saturated rings. The maximum atomic E-state index is 3.62. The van der Waals surface area contributed by atoms with Crippen molar-refractivity contribution in [3.8, 4) is 0 Å². The second kappa shape index (κ2) is 5.22. The molecule has 2 atom stereocenters. The fraction of sp³-hybridized carbons (Fsp3) is 0.625. The summed E-state index contributed by atoms with van der Waals surface area (Å²) in [6.45, 7) is 9.01. The van der Waals surface area contributed by atoms with E-state index in [0.717, 1.165) is 19.0 Å². The summed E-state index contributed by atoms with van der Waals surface area (Å²) in [5.74, 6) is 0.884. The van der Waals surface area contributed by atoms with Gasteiger partial charge in [0.2, 0.25) is 0 Å². The molecule has 1 heteroatoms. The summed E-state index contributed by atoms with van der Waals surface area (Å²) in [6.07, 6.45) is 3.89. The highest BCUT2D eigenvalue weighted by Gasteiger charge is 2.53. The van der Waals surface area contributed by atoms with Gasteiger partial charge in [0.25, 0.3) is 0 Å². The number of hydrogen-bond acceptors (Lipinski definition) is 1. The van der Waals surface area contributed by atoms with Crippen molar-refractivity contribution in [1.29, 1.82) is 0 Å². The molecule has 0 spiro atoms. The van der Waals surface area contributed by atoms with Crippen molar-refractivity contribution in [2.24, 2.45) is 5.92 Å². The SMILES string of the molecule is CCCNCC1(c2ccc(C)cc2)CC1CC. The Morgan fingerprint density at radius 3 is 2.47 bits per heavy atom. The van der Waals surface area contributed by atoms with Gasteiger partial charge in [-0.15, -0.1) is 0 Å². The first-order valence-electron chi connectivity index (χ1n) is 7.00. The van der Waals surface area contributed by atoms with E-state index in [1.54, 1.807) is 5.56 Å². The quantitative estimate of drug-likeness (QED) is 0.737. The zero-order valence-corrected chi connectivity index (χ0v) is 11.4. The molecule has 1 aliphatic rings. The third-order valence-corrected chi connectivity index (χ3v) is 4.22. The minimum atomic E-state index is 0.442. The average molecular weight is 231 g/mol. The molecule has 2 unspecified atom stereocenters. The molecule has 17 heavy (non-hydrogen) atoms. The topological polar surface area (TPSA) is 12.0 Å². The smallest absolute Gasteiger partial charge is 0.0109 e. The standard InChI is InChI=1S/C16H25N/c1-4-10-17-12-16(11-14(16)5-2)15-8-6-13(3)7-9-15/h6-9,14,17H,4-5,10-12H2,1-3H3. The fourth-order valence-electron chi connectivity index (χ4n) is 2.96. The summed E-state index contributed by atoms with van der Waals surface area (Å²) in [7, 11) is 0. The molecule has 1 saturated carbocycles. The molecule has 1 aromatic carbocycles. The van der Waals surface area contributed by atoms with Crippen LogP contribution in [0.4, 0.5) is 0 Å². The highest BCUT2D eigenvalue weighted by molar-refractivity contribution is 5.36. The molecule has 0 bridgehead atoms. The van der Waals surface area contributed by atoms with Crippen LogP contribution in [-0.2, 0) is 5.41 Å². The number of rotatable bonds is 6. The number of hydrogen-bond donors (Lipinski definition) is 1. The second-order valence-electron chi connectivity index (χ2n) is 5.51. The van der Waals surface area contributed by atoms with E-state index in [0.29, 0.717) is 5.41 Å². The molecule has 94 valence electrons. The zero-order valence-electron chi connectivity index (χ0n) is 11.4. The summed E-state index contributed by atoms with van der Waals surface area (Å²) >= 11 is 0. The molecule has 0 heterocycles. The van der Waals surface area contributed by atoms with Crippen LogP contribution in [0.25, 0.3) is 0 Å². The first kappa shape index (κ1) is 12.6. The lowest BCUT2D eigenvalue weighted by molar-refractivity contribution is 0.523. The Kier molecular flexibility index (Phi) is 3.88. The Bertz CT molecular complexity index is 354. The van der Waals surface area contributed by atoms with Crippen LogP contribution in [0.3, 0.4) is 0 Å². The normalized spacial score (nSPS) is 27.1. The van der Waals surface area contributed by atoms with E-state index in [-0.39, 0.29) is 0 Å². The highest BCUT2D eigenvalue weighted by Crippen LogP contribution is 2.55. The van der Waals surface area contributed by atoms with Crippen LogP contribution in [0.15, 0.2) is 24.3 Å². The van der Waals surface area contributed by atoms with Crippen molar-refractivity contribution < 1.29 is 0 Å². The third-order valence-electron chi connectivity index (χ3n) is 4.22. The molecule has 0 aliphatic heterocycles. The van der Waals surface area contributed by atoms with Gasteiger partial charge in [0.05, 0.1) is 0 Å². The van der Waals surface area contributed by atoms with Crippen molar-refractivity contribution in [3.05, 3.63) is 35.4 Å². The van der Waals surface area contributed by atoms with Gasteiger partial charge in [-0.3, -0.25) is 0 Å². The Morgan fingerprint density at radius 2 is 1.94 bits per heavy atom. The second-order valence-corrected chi connectivity index (χ2v) is 5.51. The van der Waals surface area contributed by atoms with E-state index in [4.69, 9.17) is 0 Å². The van der Waals surface area contributed by atoms with Gasteiger partial charge >= 0.3 is 0 Å². The Balaban J connectivity index is 2.09. The molecule has 1 nitrogen and oxygen atoms in total. The number of benzene rings is 1. The van der Waals surface area contributed by atoms with Gasteiger partial charge in [-0.25, -0.2) is 0 Å². The van der Waals surface area contributed by atoms with Crippen molar-refractivity contribution >= 4 is 0 Å². The summed E-state index contributed by atoms with van der Waals surface area (Å²) < 4.78 is 0. The van der Waals surface area contributed by atoms with Gasteiger partial charge in [0, 0.05) is 12.0 Å². The zero-order chi connectivity index (χ0) is 12.3. The maximum Gasteiger partial charge on any atom is 0.0109 e. The molecule has 1 N–H and O–H groups in total. The van der Waals surface area contributed by atoms with Crippen LogP contribution in [0.5, 0.6) is 0 Å². The summed E-state index contributed by atoms with van der Waals surface area (Å²) in [6, 6.07) is 9.17. The Hall–Kier alpha value is -0.820. The average Bonchev–Trinajstić information content (AvgIpc) is 3.05. The molecule has 0 saturated heterocycles. The summed E-state index contributed by atoms with van der Waals surface area (Å²) in [5, 5.41) is 3.62. The monoisotopic (exact) mass is 231 g/mol. The lowest BCUT2D eigenvalue weighted by Gasteiger charge is -2.19. The van der Waals surface area contributed by atoms with Gasteiger partial charge < -0.3 is 5.32 Å². The van der Waals surface area contributed by atoms with E-state index < -0.39 is 0 Å². The third kappa shape index (κ3) is 2.55. The first-order valence-corrected chi connectivity index (χ1v) is 7.00. The Labute approximate surface area is 106 Å². The van der Waals surface area contributed by atoms with Crippen LogP contribution in [0.1, 0.15) is 44.2 Å². The van der Waals surface area contributed by atoms with Gasteiger partial charge in [0.1, 0.15) is 0 Å². The van der Waals surface area contributed by atoms with E-state index >= 15 is 0 Å². The van der Waals surface area contributed by atoms with Crippen molar-refractivity contribution in [3.63, 3.8) is 0 Å². The van der Waals surface area contributed by atoms with Crippen LogP contribution in [0, 0.1) is 12.8 Å². The highest BCUT2D eigenvalue weighted by atomic mass is 14.9. The minimum absolute atomic E-state index is 0.442. The van der Waals surface area contributed by atoms with Crippen LogP contribution in [0.2, 0.25) is 0 Å². The van der Waals surface area contributed by atoms with E-state index in [2.05, 4.69) is 50.4 Å². The molecule has 2 rings (SSSR count). The predicted octanol–water partition coefficient (Wildman–Crippen LogP) is 3.66. The van der Waals surface area contributed by atoms with Crippen LogP contribution in [-0.4, -0.2) is 13.1 Å². The van der Waals surface area contributed by atoms with E-state index in [1.165, 1.54) is 24.8 Å². The molecule has 0 amide bonds. The van der Waals surface area contributed by atoms with Crippen molar-refractivity contribution in [2.75, 3.05) is 13.1 Å². The summed E-state index contributed by atoms with van der Waals surface area (Å²) in [4.78, 5) is 0. The van der Waals surface area contributed by atoms with Crippen molar-refractivity contribution in [2.45, 2.75) is 45.4 Å². The van der Waals surface area contributed by atoms with Crippen molar-refractivity contribution in [1.82, 2.24) is 5.32 Å². The van der Waals surface area contributed by atoms with Gasteiger partial charge in [-0.2, -0.15) is 0 Å². The minimum Gasteiger partial charge on any atom is -0.316 e. The largest absolute Gasteiger partial charge is 0.316 e. The molecule has 1 aromatic rings.